The van der Waals surface area contributed by atoms with Gasteiger partial charge in [0.1, 0.15) is 6.10 Å². The molecule has 0 heterocycles. The Morgan fingerprint density at radius 2 is 2.09 bits per heavy atom. The maximum Gasteiger partial charge on any atom is 0.370 e. The van der Waals surface area contributed by atoms with Gasteiger partial charge in [0.05, 0.1) is 0 Å². The van der Waals surface area contributed by atoms with Gasteiger partial charge in [-0.25, -0.2) is 4.79 Å². The monoisotopic (exact) mass is 162 g/mol. The van der Waals surface area contributed by atoms with E-state index in [2.05, 4.69) is 9.78 Å². The van der Waals surface area contributed by atoms with Crippen LogP contribution in [0, 0.1) is 0 Å². The molecule has 2 atom stereocenters. The van der Waals surface area contributed by atoms with Crippen molar-refractivity contribution < 1.29 is 19.7 Å². The van der Waals surface area contributed by atoms with Crippen LogP contribution in [-0.2, 0) is 14.6 Å². The Balaban J connectivity index is 3.46. The van der Waals surface area contributed by atoms with E-state index in [0.29, 0.717) is 0 Å². The molecule has 0 aliphatic heterocycles. The molecule has 1 N–H and O–H groups in total. The Morgan fingerprint density at radius 3 is 2.45 bits per heavy atom. The van der Waals surface area contributed by atoms with Gasteiger partial charge in [-0.15, -0.1) is 0 Å². The van der Waals surface area contributed by atoms with Crippen molar-refractivity contribution in [3.05, 3.63) is 0 Å². The Bertz CT molecular complexity index is 122. The predicted molar refractivity (Wildman–Crippen MR) is 38.6 cm³/mol. The van der Waals surface area contributed by atoms with Crippen LogP contribution < -0.4 is 0 Å². The summed E-state index contributed by atoms with van der Waals surface area (Å²) < 4.78 is 0. The van der Waals surface area contributed by atoms with Crippen molar-refractivity contribution in [1.82, 2.24) is 0 Å². The molecule has 0 spiro atoms. The van der Waals surface area contributed by atoms with Crippen LogP contribution in [0.2, 0.25) is 0 Å². The zero-order valence-corrected chi connectivity index (χ0v) is 7.03. The van der Waals surface area contributed by atoms with Crippen molar-refractivity contribution in [2.24, 2.45) is 0 Å². The summed E-state index contributed by atoms with van der Waals surface area (Å²) in [6, 6.07) is 0. The summed E-state index contributed by atoms with van der Waals surface area (Å²) in [5, 5.41) is 8.65. The number of aliphatic hydroxyl groups is 1. The molecule has 0 radical (unpaired) electrons. The number of hydrogen-bond acceptors (Lipinski definition) is 4. The van der Waals surface area contributed by atoms with E-state index in [1.54, 1.807) is 6.92 Å². The molecule has 4 nitrogen and oxygen atoms in total. The minimum atomic E-state index is -1.13. The van der Waals surface area contributed by atoms with E-state index < -0.39 is 12.1 Å². The Labute approximate surface area is 66.0 Å². The molecular weight excluding hydrogens is 148 g/mol. The largest absolute Gasteiger partial charge is 0.382 e. The highest BCUT2D eigenvalue weighted by molar-refractivity contribution is 5.73. The maximum atomic E-state index is 10.6. The molecule has 0 rings (SSSR count). The first-order valence-corrected chi connectivity index (χ1v) is 3.63. The van der Waals surface area contributed by atoms with Gasteiger partial charge in [0.15, 0.2) is 6.10 Å². The summed E-state index contributed by atoms with van der Waals surface area (Å²) in [6.45, 7) is 5.00. The van der Waals surface area contributed by atoms with Crippen molar-refractivity contribution in [2.75, 3.05) is 0 Å². The van der Waals surface area contributed by atoms with Gasteiger partial charge in [0.2, 0.25) is 0 Å². The zero-order valence-electron chi connectivity index (χ0n) is 7.03. The zero-order chi connectivity index (χ0) is 8.85. The molecule has 0 saturated heterocycles. The van der Waals surface area contributed by atoms with Crippen molar-refractivity contribution in [3.8, 4) is 0 Å². The lowest BCUT2D eigenvalue weighted by Gasteiger charge is -2.09. The van der Waals surface area contributed by atoms with Crippen molar-refractivity contribution >= 4 is 5.97 Å². The van der Waals surface area contributed by atoms with E-state index in [1.165, 1.54) is 6.92 Å². The lowest BCUT2D eigenvalue weighted by Crippen LogP contribution is -2.21. The maximum absolute atomic E-state index is 10.6. The van der Waals surface area contributed by atoms with Crippen molar-refractivity contribution in [3.63, 3.8) is 0 Å². The third-order valence-corrected chi connectivity index (χ3v) is 1.21. The fraction of sp³-hybridized carbons (Fsp3) is 0.857. The van der Waals surface area contributed by atoms with Gasteiger partial charge >= 0.3 is 5.97 Å². The van der Waals surface area contributed by atoms with Gasteiger partial charge in [-0.1, -0.05) is 6.92 Å². The lowest BCUT2D eigenvalue weighted by atomic mass is 10.3. The number of aliphatic hydroxyl groups excluding tert-OH is 1. The second kappa shape index (κ2) is 5.09. The standard InChI is InChI=1S/C7H14O4/c1-4-5(2)10-11-7(9)6(3)8/h5-6,8H,4H2,1-3H3. The molecule has 11 heavy (non-hydrogen) atoms. The van der Waals surface area contributed by atoms with Crippen LogP contribution in [0.1, 0.15) is 27.2 Å². The highest BCUT2D eigenvalue weighted by Gasteiger charge is 2.12. The summed E-state index contributed by atoms with van der Waals surface area (Å²) in [4.78, 5) is 19.4. The molecule has 2 unspecified atom stereocenters. The number of carbonyl (C=O) groups is 1. The average Bonchev–Trinajstić information content (AvgIpc) is 1.99. The van der Waals surface area contributed by atoms with Gasteiger partial charge in [0, 0.05) is 0 Å². The summed E-state index contributed by atoms with van der Waals surface area (Å²) in [7, 11) is 0. The number of hydrogen-bond donors (Lipinski definition) is 1. The summed E-state index contributed by atoms with van der Waals surface area (Å²) in [6.07, 6.45) is -0.496. The Kier molecular flexibility index (Phi) is 4.81. The fourth-order valence-corrected chi connectivity index (χ4v) is 0.267. The molecule has 0 aromatic heterocycles. The topological polar surface area (TPSA) is 55.8 Å². The molecule has 0 saturated carbocycles. The first-order chi connectivity index (χ1) is 5.07. The van der Waals surface area contributed by atoms with Gasteiger partial charge in [-0.2, -0.15) is 4.89 Å². The molecular formula is C7H14O4. The third kappa shape index (κ3) is 4.75. The summed E-state index contributed by atoms with van der Waals surface area (Å²) in [5.41, 5.74) is 0. The van der Waals surface area contributed by atoms with E-state index in [-0.39, 0.29) is 6.10 Å². The van der Waals surface area contributed by atoms with E-state index in [0.717, 1.165) is 6.42 Å². The molecule has 0 amide bonds. The SMILES string of the molecule is CCC(C)OOC(=O)C(C)O. The molecule has 0 aliphatic rings. The van der Waals surface area contributed by atoms with Crippen molar-refractivity contribution in [2.45, 2.75) is 39.4 Å². The highest BCUT2D eigenvalue weighted by atomic mass is 17.2. The Morgan fingerprint density at radius 1 is 1.55 bits per heavy atom. The van der Waals surface area contributed by atoms with Gasteiger partial charge in [-0.3, -0.25) is 4.89 Å². The minimum absolute atomic E-state index is 0.127. The first kappa shape index (κ1) is 10.4. The smallest absolute Gasteiger partial charge is 0.370 e. The quantitative estimate of drug-likeness (QED) is 0.487. The molecule has 0 aliphatic carbocycles. The van der Waals surface area contributed by atoms with Crippen LogP contribution in [0.15, 0.2) is 0 Å². The molecule has 66 valence electrons. The first-order valence-electron chi connectivity index (χ1n) is 3.63. The minimum Gasteiger partial charge on any atom is -0.382 e. The molecule has 0 aromatic rings. The van der Waals surface area contributed by atoms with Crippen molar-refractivity contribution in [1.29, 1.82) is 0 Å². The average molecular weight is 162 g/mol. The summed E-state index contributed by atoms with van der Waals surface area (Å²) >= 11 is 0. The molecule has 4 heteroatoms. The summed E-state index contributed by atoms with van der Waals surface area (Å²) in [5.74, 6) is -0.759. The second-order valence-corrected chi connectivity index (χ2v) is 2.39. The van der Waals surface area contributed by atoms with Crippen LogP contribution in [0.3, 0.4) is 0 Å². The van der Waals surface area contributed by atoms with Crippen LogP contribution in [-0.4, -0.2) is 23.3 Å². The predicted octanol–water partition coefficient (Wildman–Crippen LogP) is 0.640. The Hall–Kier alpha value is -0.610. The van der Waals surface area contributed by atoms with Gasteiger partial charge in [-0.05, 0) is 20.3 Å². The fourth-order valence-electron chi connectivity index (χ4n) is 0.267. The van der Waals surface area contributed by atoms with Gasteiger partial charge in [0.25, 0.3) is 0 Å². The molecule has 0 fully saturated rings. The van der Waals surface area contributed by atoms with Crippen LogP contribution >= 0.6 is 0 Å². The third-order valence-electron chi connectivity index (χ3n) is 1.21. The normalized spacial score (nSPS) is 15.6. The van der Waals surface area contributed by atoms with E-state index >= 15 is 0 Å². The number of carbonyl (C=O) groups excluding carboxylic acids is 1. The van der Waals surface area contributed by atoms with E-state index in [1.807, 2.05) is 6.92 Å². The number of rotatable bonds is 4. The molecule has 0 bridgehead atoms. The van der Waals surface area contributed by atoms with Gasteiger partial charge < -0.3 is 5.11 Å². The van der Waals surface area contributed by atoms with Crippen LogP contribution in [0.5, 0.6) is 0 Å². The highest BCUT2D eigenvalue weighted by Crippen LogP contribution is 1.97. The van der Waals surface area contributed by atoms with Crippen LogP contribution in [0.25, 0.3) is 0 Å². The van der Waals surface area contributed by atoms with E-state index in [9.17, 15) is 4.79 Å². The molecule has 0 aromatic carbocycles. The van der Waals surface area contributed by atoms with E-state index in [4.69, 9.17) is 5.11 Å². The second-order valence-electron chi connectivity index (χ2n) is 2.39. The van der Waals surface area contributed by atoms with Crippen LogP contribution in [0.4, 0.5) is 0 Å². The lowest BCUT2D eigenvalue weighted by molar-refractivity contribution is -0.299.